The first-order valence-corrected chi connectivity index (χ1v) is 9.96. The number of hydrogen-bond acceptors (Lipinski definition) is 6. The minimum Gasteiger partial charge on any atom is -0.508 e. The molecule has 1 unspecified atom stereocenters. The molecule has 2 heterocycles. The van der Waals surface area contributed by atoms with E-state index in [-0.39, 0.29) is 0 Å². The van der Waals surface area contributed by atoms with Gasteiger partial charge in [0.15, 0.2) is 5.82 Å². The molecule has 0 saturated carbocycles. The summed E-state index contributed by atoms with van der Waals surface area (Å²) in [7, 11) is 0. The summed E-state index contributed by atoms with van der Waals surface area (Å²) in [6.45, 7) is 1.85. The van der Waals surface area contributed by atoms with Crippen molar-refractivity contribution >= 4 is 11.8 Å². The lowest BCUT2D eigenvalue weighted by Gasteiger charge is -2.34. The van der Waals surface area contributed by atoms with Crippen LogP contribution in [0.2, 0.25) is 0 Å². The zero-order chi connectivity index (χ0) is 16.8. The van der Waals surface area contributed by atoms with Crippen molar-refractivity contribution < 1.29 is 9.63 Å². The molecule has 0 bridgehead atoms. The number of hydrogen-bond donors (Lipinski definition) is 1. The van der Waals surface area contributed by atoms with E-state index in [1.165, 1.54) is 24.8 Å². The quantitative estimate of drug-likeness (QED) is 0.825. The number of likely N-dealkylation sites (tertiary alicyclic amines) is 1. The Balaban J connectivity index is 1.57. The molecule has 0 aliphatic carbocycles. The van der Waals surface area contributed by atoms with Crippen LogP contribution in [0.1, 0.15) is 43.0 Å². The first-order chi connectivity index (χ1) is 11.7. The number of aromatic nitrogens is 2. The van der Waals surface area contributed by atoms with Crippen LogP contribution in [0, 0.1) is 0 Å². The number of aromatic hydroxyl groups is 1. The van der Waals surface area contributed by atoms with Gasteiger partial charge in [-0.25, -0.2) is 0 Å². The van der Waals surface area contributed by atoms with E-state index in [9.17, 15) is 5.11 Å². The van der Waals surface area contributed by atoms with Gasteiger partial charge in [-0.1, -0.05) is 23.7 Å². The number of nitrogens with zero attached hydrogens (tertiary/aromatic N) is 3. The van der Waals surface area contributed by atoms with Crippen molar-refractivity contribution in [1.29, 1.82) is 0 Å². The zero-order valence-corrected chi connectivity index (χ0v) is 15.0. The SMILES string of the molecule is CSCc1noc(CN2CCCCC2CCc2ccc(O)cc2)n1. The fourth-order valence-corrected chi connectivity index (χ4v) is 3.68. The van der Waals surface area contributed by atoms with Gasteiger partial charge in [0.05, 0.1) is 12.3 Å². The number of aryl methyl sites for hydroxylation is 1. The predicted octanol–water partition coefficient (Wildman–Crippen LogP) is 3.63. The topological polar surface area (TPSA) is 62.4 Å². The van der Waals surface area contributed by atoms with E-state index in [1.807, 2.05) is 18.4 Å². The predicted molar refractivity (Wildman–Crippen MR) is 96.0 cm³/mol. The molecular formula is C18H25N3O2S. The summed E-state index contributed by atoms with van der Waals surface area (Å²) < 4.78 is 5.40. The van der Waals surface area contributed by atoms with Crippen molar-refractivity contribution in [2.75, 3.05) is 12.8 Å². The summed E-state index contributed by atoms with van der Waals surface area (Å²) in [5.41, 5.74) is 1.28. The number of piperidine rings is 1. The average molecular weight is 347 g/mol. The molecule has 1 N–H and O–H groups in total. The minimum atomic E-state index is 0.329. The normalized spacial score (nSPS) is 18.8. The molecule has 5 nitrogen and oxygen atoms in total. The molecule has 1 aliphatic rings. The molecular weight excluding hydrogens is 322 g/mol. The van der Waals surface area contributed by atoms with Crippen LogP contribution >= 0.6 is 11.8 Å². The molecule has 1 aromatic carbocycles. The maximum absolute atomic E-state index is 9.39. The van der Waals surface area contributed by atoms with Gasteiger partial charge in [-0.15, -0.1) is 0 Å². The van der Waals surface area contributed by atoms with Crippen LogP contribution in [0.15, 0.2) is 28.8 Å². The lowest BCUT2D eigenvalue weighted by atomic mass is 9.96. The van der Waals surface area contributed by atoms with Gasteiger partial charge in [0.1, 0.15) is 5.75 Å². The van der Waals surface area contributed by atoms with Crippen molar-refractivity contribution in [2.24, 2.45) is 0 Å². The molecule has 0 amide bonds. The van der Waals surface area contributed by atoms with E-state index in [0.29, 0.717) is 11.8 Å². The Hall–Kier alpha value is -1.53. The molecule has 24 heavy (non-hydrogen) atoms. The zero-order valence-electron chi connectivity index (χ0n) is 14.1. The van der Waals surface area contributed by atoms with Crippen LogP contribution in [0.25, 0.3) is 0 Å². The van der Waals surface area contributed by atoms with E-state index in [4.69, 9.17) is 4.52 Å². The molecule has 3 rings (SSSR count). The van der Waals surface area contributed by atoms with Crippen molar-refractivity contribution in [1.82, 2.24) is 15.0 Å². The van der Waals surface area contributed by atoms with Crippen molar-refractivity contribution in [3.63, 3.8) is 0 Å². The second-order valence-corrected chi connectivity index (χ2v) is 7.23. The Kier molecular flexibility index (Phi) is 6.15. The lowest BCUT2D eigenvalue weighted by molar-refractivity contribution is 0.117. The van der Waals surface area contributed by atoms with Crippen molar-refractivity contribution in [3.05, 3.63) is 41.5 Å². The van der Waals surface area contributed by atoms with Gasteiger partial charge in [0.2, 0.25) is 5.89 Å². The highest BCUT2D eigenvalue weighted by atomic mass is 32.2. The highest BCUT2D eigenvalue weighted by Crippen LogP contribution is 2.23. The first-order valence-electron chi connectivity index (χ1n) is 8.57. The molecule has 0 spiro atoms. The van der Waals surface area contributed by atoms with Crippen molar-refractivity contribution in [2.45, 2.75) is 50.4 Å². The maximum Gasteiger partial charge on any atom is 0.240 e. The van der Waals surface area contributed by atoms with Gasteiger partial charge in [-0.05, 0) is 56.2 Å². The van der Waals surface area contributed by atoms with Gasteiger partial charge in [-0.3, -0.25) is 4.90 Å². The fourth-order valence-electron chi connectivity index (χ4n) is 3.31. The summed E-state index contributed by atoms with van der Waals surface area (Å²) in [6.07, 6.45) is 7.95. The smallest absolute Gasteiger partial charge is 0.240 e. The molecule has 2 aromatic rings. The molecule has 0 radical (unpaired) electrons. The molecule has 6 heteroatoms. The standard InChI is InChI=1S/C18H25N3O2S/c1-24-13-17-19-18(23-20-17)12-21-11-3-2-4-15(21)8-5-14-6-9-16(22)10-7-14/h6-7,9-10,15,22H,2-5,8,11-13H2,1H3. The highest BCUT2D eigenvalue weighted by Gasteiger charge is 2.24. The summed E-state index contributed by atoms with van der Waals surface area (Å²) in [4.78, 5) is 6.97. The second kappa shape index (κ2) is 8.53. The van der Waals surface area contributed by atoms with Gasteiger partial charge < -0.3 is 9.63 Å². The van der Waals surface area contributed by atoms with Crippen LogP contribution in [0.4, 0.5) is 0 Å². The number of phenolic OH excluding ortho intramolecular Hbond substituents is 1. The molecule has 1 aliphatic heterocycles. The third-order valence-electron chi connectivity index (χ3n) is 4.57. The van der Waals surface area contributed by atoms with E-state index in [2.05, 4.69) is 15.0 Å². The number of rotatable bonds is 7. The van der Waals surface area contributed by atoms with Crippen LogP contribution in [0.5, 0.6) is 5.75 Å². The maximum atomic E-state index is 9.39. The van der Waals surface area contributed by atoms with E-state index >= 15 is 0 Å². The van der Waals surface area contributed by atoms with E-state index in [1.54, 1.807) is 23.9 Å². The van der Waals surface area contributed by atoms with Crippen LogP contribution < -0.4 is 0 Å². The third kappa shape index (κ3) is 4.74. The monoisotopic (exact) mass is 347 g/mol. The van der Waals surface area contributed by atoms with Gasteiger partial charge in [-0.2, -0.15) is 16.7 Å². The largest absolute Gasteiger partial charge is 0.508 e. The molecule has 1 atom stereocenters. The Labute approximate surface area is 147 Å². The van der Waals surface area contributed by atoms with Crippen molar-refractivity contribution in [3.8, 4) is 5.75 Å². The third-order valence-corrected chi connectivity index (χ3v) is 5.12. The lowest BCUT2D eigenvalue weighted by Crippen LogP contribution is -2.39. The fraction of sp³-hybridized carbons (Fsp3) is 0.556. The van der Waals surface area contributed by atoms with E-state index in [0.717, 1.165) is 43.4 Å². The van der Waals surface area contributed by atoms with Gasteiger partial charge in [0, 0.05) is 6.04 Å². The van der Waals surface area contributed by atoms with Crippen LogP contribution in [-0.4, -0.2) is 39.0 Å². The van der Waals surface area contributed by atoms with Gasteiger partial charge >= 0.3 is 0 Å². The van der Waals surface area contributed by atoms with Crippen LogP contribution in [-0.2, 0) is 18.7 Å². The summed E-state index contributed by atoms with van der Waals surface area (Å²) in [6, 6.07) is 8.10. The number of thioether (sulfide) groups is 1. The number of phenols is 1. The Morgan fingerprint density at radius 3 is 2.92 bits per heavy atom. The van der Waals surface area contributed by atoms with Gasteiger partial charge in [0.25, 0.3) is 0 Å². The summed E-state index contributed by atoms with van der Waals surface area (Å²) in [5, 5.41) is 13.4. The average Bonchev–Trinajstić information content (AvgIpc) is 3.03. The highest BCUT2D eigenvalue weighted by molar-refractivity contribution is 7.97. The molecule has 1 fully saturated rings. The minimum absolute atomic E-state index is 0.329. The first kappa shape index (κ1) is 17.3. The Bertz CT molecular complexity index is 629. The Morgan fingerprint density at radius 2 is 2.12 bits per heavy atom. The molecule has 1 saturated heterocycles. The van der Waals surface area contributed by atoms with Crippen LogP contribution in [0.3, 0.4) is 0 Å². The van der Waals surface area contributed by atoms with E-state index < -0.39 is 0 Å². The Morgan fingerprint density at radius 1 is 1.29 bits per heavy atom. The summed E-state index contributed by atoms with van der Waals surface area (Å²) in [5.74, 6) is 2.65. The number of benzene rings is 1. The summed E-state index contributed by atoms with van der Waals surface area (Å²) >= 11 is 1.70. The molecule has 1 aromatic heterocycles. The second-order valence-electron chi connectivity index (χ2n) is 6.36. The molecule has 130 valence electrons.